The van der Waals surface area contributed by atoms with Crippen molar-refractivity contribution >= 4 is 22.4 Å². The number of halogens is 1. The molecule has 0 aromatic heterocycles. The zero-order chi connectivity index (χ0) is 12.5. The molecule has 2 aromatic carbocycles. The second-order valence-electron chi connectivity index (χ2n) is 5.52. The van der Waals surface area contributed by atoms with E-state index in [1.807, 2.05) is 0 Å². The van der Waals surface area contributed by atoms with Crippen molar-refractivity contribution in [3.8, 4) is 0 Å². The van der Waals surface area contributed by atoms with E-state index in [1.165, 1.54) is 41.2 Å². The van der Waals surface area contributed by atoms with Gasteiger partial charge in [0.2, 0.25) is 0 Å². The zero-order valence-corrected chi connectivity index (χ0v) is 11.6. The van der Waals surface area contributed by atoms with E-state index in [9.17, 15) is 0 Å². The zero-order valence-electron chi connectivity index (χ0n) is 10.8. The number of hydrogen-bond donors (Lipinski definition) is 0. The number of alkyl halides is 1. The second kappa shape index (κ2) is 4.93. The molecule has 0 saturated heterocycles. The van der Waals surface area contributed by atoms with Gasteiger partial charge in [-0.15, -0.1) is 11.6 Å². The molecule has 0 nitrogen and oxygen atoms in total. The highest BCUT2D eigenvalue weighted by molar-refractivity contribution is 6.21. The van der Waals surface area contributed by atoms with Crippen LogP contribution < -0.4 is 0 Å². The fourth-order valence-electron chi connectivity index (χ4n) is 2.89. The molecule has 1 aliphatic carbocycles. The highest BCUT2D eigenvalue weighted by Crippen LogP contribution is 2.40. The summed E-state index contributed by atoms with van der Waals surface area (Å²) in [7, 11) is 0. The van der Waals surface area contributed by atoms with Crippen LogP contribution >= 0.6 is 11.6 Å². The van der Waals surface area contributed by atoms with Crippen LogP contribution in [-0.4, -0.2) is 0 Å². The molecule has 0 heterocycles. The van der Waals surface area contributed by atoms with E-state index in [4.69, 9.17) is 11.6 Å². The molecule has 1 unspecified atom stereocenters. The van der Waals surface area contributed by atoms with Crippen molar-refractivity contribution in [1.82, 2.24) is 0 Å². The van der Waals surface area contributed by atoms with Gasteiger partial charge in [-0.3, -0.25) is 0 Å². The highest BCUT2D eigenvalue weighted by atomic mass is 35.5. The number of aryl methyl sites for hydroxylation is 1. The fourth-order valence-corrected chi connectivity index (χ4v) is 3.34. The molecule has 1 fully saturated rings. The van der Waals surface area contributed by atoms with Gasteiger partial charge in [0.05, 0.1) is 5.38 Å². The second-order valence-corrected chi connectivity index (χ2v) is 6.04. The molecule has 2 aromatic rings. The summed E-state index contributed by atoms with van der Waals surface area (Å²) in [6.07, 6.45) is 5.26. The molecular formula is C17H19Cl. The molecule has 3 rings (SSSR count). The molecule has 0 amide bonds. The first-order valence-electron chi connectivity index (χ1n) is 6.88. The van der Waals surface area contributed by atoms with Gasteiger partial charge in [-0.2, -0.15) is 0 Å². The Hall–Kier alpha value is -1.01. The van der Waals surface area contributed by atoms with E-state index in [0.29, 0.717) is 0 Å². The largest absolute Gasteiger partial charge is 0.118 e. The van der Waals surface area contributed by atoms with E-state index in [1.54, 1.807) is 0 Å². The first kappa shape index (κ1) is 12.0. The Kier molecular flexibility index (Phi) is 3.30. The van der Waals surface area contributed by atoms with Gasteiger partial charge in [-0.1, -0.05) is 55.7 Å². The van der Waals surface area contributed by atoms with Crippen molar-refractivity contribution < 1.29 is 0 Å². The minimum atomic E-state index is 0.167. The third-order valence-corrected chi connectivity index (χ3v) is 4.69. The lowest BCUT2D eigenvalue weighted by Gasteiger charge is -2.28. The standard InChI is InChI=1S/C17H19Cl/c1-12-9-10-16(15-8-3-2-7-14(12)15)17(18)11-13-5-4-6-13/h2-3,7-10,13,17H,4-6,11H2,1H3. The summed E-state index contributed by atoms with van der Waals surface area (Å²) in [4.78, 5) is 0. The summed E-state index contributed by atoms with van der Waals surface area (Å²) in [5.74, 6) is 0.854. The first-order valence-corrected chi connectivity index (χ1v) is 7.31. The van der Waals surface area contributed by atoms with Crippen LogP contribution in [0.1, 0.15) is 42.2 Å². The van der Waals surface area contributed by atoms with E-state index in [-0.39, 0.29) is 5.38 Å². The van der Waals surface area contributed by atoms with Crippen molar-refractivity contribution in [1.29, 1.82) is 0 Å². The lowest BCUT2D eigenvalue weighted by atomic mass is 9.80. The van der Waals surface area contributed by atoms with Crippen LogP contribution in [0.4, 0.5) is 0 Å². The maximum atomic E-state index is 6.65. The first-order chi connectivity index (χ1) is 8.75. The molecule has 0 N–H and O–H groups in total. The highest BCUT2D eigenvalue weighted by Gasteiger charge is 2.22. The van der Waals surface area contributed by atoms with Crippen LogP contribution in [0.2, 0.25) is 0 Å². The van der Waals surface area contributed by atoms with Crippen molar-refractivity contribution in [3.05, 3.63) is 47.5 Å². The average Bonchev–Trinajstić information content (AvgIpc) is 2.34. The van der Waals surface area contributed by atoms with Gasteiger partial charge >= 0.3 is 0 Å². The van der Waals surface area contributed by atoms with E-state index in [2.05, 4.69) is 43.3 Å². The van der Waals surface area contributed by atoms with Crippen LogP contribution in [0.3, 0.4) is 0 Å². The topological polar surface area (TPSA) is 0 Å². The van der Waals surface area contributed by atoms with E-state index < -0.39 is 0 Å². The Bertz CT molecular complexity index is 555. The third-order valence-electron chi connectivity index (χ3n) is 4.28. The molecule has 1 aliphatic rings. The summed E-state index contributed by atoms with van der Waals surface area (Å²) in [5.41, 5.74) is 2.65. The van der Waals surface area contributed by atoms with Crippen LogP contribution in [0, 0.1) is 12.8 Å². The SMILES string of the molecule is Cc1ccc(C(Cl)CC2CCC2)c2ccccc12. The minimum absolute atomic E-state index is 0.167. The Morgan fingerprint density at radius 3 is 2.50 bits per heavy atom. The molecule has 0 aliphatic heterocycles. The van der Waals surface area contributed by atoms with Crippen molar-refractivity contribution in [2.24, 2.45) is 5.92 Å². The van der Waals surface area contributed by atoms with Crippen LogP contribution in [-0.2, 0) is 0 Å². The predicted molar refractivity (Wildman–Crippen MR) is 79.2 cm³/mol. The van der Waals surface area contributed by atoms with Gasteiger partial charge in [-0.05, 0) is 41.2 Å². The van der Waals surface area contributed by atoms with Gasteiger partial charge in [-0.25, -0.2) is 0 Å². The Morgan fingerprint density at radius 2 is 1.83 bits per heavy atom. The normalized spacial score (nSPS) is 17.7. The summed E-state index contributed by atoms with van der Waals surface area (Å²) < 4.78 is 0. The number of hydrogen-bond acceptors (Lipinski definition) is 0. The van der Waals surface area contributed by atoms with E-state index >= 15 is 0 Å². The van der Waals surface area contributed by atoms with Crippen molar-refractivity contribution in [3.63, 3.8) is 0 Å². The molecular weight excluding hydrogens is 240 g/mol. The molecule has 0 bridgehead atoms. The van der Waals surface area contributed by atoms with Gasteiger partial charge in [0.25, 0.3) is 0 Å². The maximum Gasteiger partial charge on any atom is 0.0594 e. The minimum Gasteiger partial charge on any atom is -0.118 e. The lowest BCUT2D eigenvalue weighted by Crippen LogP contribution is -2.13. The predicted octanol–water partition coefficient (Wildman–Crippen LogP) is 5.62. The lowest BCUT2D eigenvalue weighted by molar-refractivity contribution is 0.293. The fraction of sp³-hybridized carbons (Fsp3) is 0.412. The van der Waals surface area contributed by atoms with Crippen molar-refractivity contribution in [2.75, 3.05) is 0 Å². The number of fused-ring (bicyclic) bond motifs is 1. The molecule has 1 atom stereocenters. The summed E-state index contributed by atoms with van der Waals surface area (Å²) >= 11 is 6.65. The average molecular weight is 259 g/mol. The number of rotatable bonds is 3. The molecule has 1 saturated carbocycles. The van der Waals surface area contributed by atoms with Crippen molar-refractivity contribution in [2.45, 2.75) is 38.0 Å². The van der Waals surface area contributed by atoms with Gasteiger partial charge in [0.15, 0.2) is 0 Å². The molecule has 0 radical (unpaired) electrons. The molecule has 18 heavy (non-hydrogen) atoms. The van der Waals surface area contributed by atoms with Gasteiger partial charge < -0.3 is 0 Å². The van der Waals surface area contributed by atoms with Crippen LogP contribution in [0.15, 0.2) is 36.4 Å². The molecule has 0 spiro atoms. The molecule has 1 heteroatoms. The maximum absolute atomic E-state index is 6.65. The summed E-state index contributed by atoms with van der Waals surface area (Å²) in [6, 6.07) is 13.0. The number of benzene rings is 2. The van der Waals surface area contributed by atoms with Crippen LogP contribution in [0.5, 0.6) is 0 Å². The summed E-state index contributed by atoms with van der Waals surface area (Å²) in [6.45, 7) is 2.17. The monoisotopic (exact) mass is 258 g/mol. The Balaban J connectivity index is 1.97. The molecule has 94 valence electrons. The van der Waals surface area contributed by atoms with E-state index in [0.717, 1.165) is 12.3 Å². The summed E-state index contributed by atoms with van der Waals surface area (Å²) in [5, 5.41) is 2.84. The smallest absolute Gasteiger partial charge is 0.0594 e. The van der Waals surface area contributed by atoms with Gasteiger partial charge in [0, 0.05) is 0 Å². The Morgan fingerprint density at radius 1 is 1.11 bits per heavy atom. The van der Waals surface area contributed by atoms with Crippen LogP contribution in [0.25, 0.3) is 10.8 Å². The Labute approximate surface area is 114 Å². The van der Waals surface area contributed by atoms with Gasteiger partial charge in [0.1, 0.15) is 0 Å². The third kappa shape index (κ3) is 2.14. The quantitative estimate of drug-likeness (QED) is 0.627.